The number of fused-ring (bicyclic) bond motifs is 1. The lowest BCUT2D eigenvalue weighted by Crippen LogP contribution is -2.24. The van der Waals surface area contributed by atoms with Crippen molar-refractivity contribution in [1.82, 2.24) is 24.7 Å². The summed E-state index contributed by atoms with van der Waals surface area (Å²) >= 11 is 0. The number of halogens is 1. The highest BCUT2D eigenvalue weighted by Gasteiger charge is 2.16. The molecule has 0 bridgehead atoms. The molecule has 0 saturated heterocycles. The number of imidazole rings is 1. The van der Waals surface area contributed by atoms with Crippen LogP contribution in [0.4, 0.5) is 4.39 Å². The average molecular weight is 425 g/mol. The molecule has 0 spiro atoms. The van der Waals surface area contributed by atoms with Crippen LogP contribution in [0.3, 0.4) is 0 Å². The van der Waals surface area contributed by atoms with E-state index in [0.717, 1.165) is 6.26 Å². The number of nitrogens with one attached hydrogen (secondary N) is 1. The van der Waals surface area contributed by atoms with E-state index in [4.69, 9.17) is 0 Å². The minimum Gasteiger partial charge on any atom is -0.347 e. The molecule has 0 radical (unpaired) electrons. The summed E-state index contributed by atoms with van der Waals surface area (Å²) in [6.07, 6.45) is 7.11. The van der Waals surface area contributed by atoms with Gasteiger partial charge in [0.1, 0.15) is 11.6 Å². The maximum absolute atomic E-state index is 13.2. The Morgan fingerprint density at radius 2 is 1.87 bits per heavy atom. The standard InChI is InChI=1S/C20H16FN5O3S/c1-30(28,29)17-10-13(6-7-22-17)11-25-20(27)18-16-12-24-19(26(16)9-8-23-18)14-2-4-15(21)5-3-14/h2-10,12H,11H2,1H3,(H,25,27). The van der Waals surface area contributed by atoms with Crippen molar-refractivity contribution in [3.8, 4) is 11.4 Å². The van der Waals surface area contributed by atoms with Crippen LogP contribution in [0.1, 0.15) is 16.1 Å². The summed E-state index contributed by atoms with van der Waals surface area (Å²) in [5.74, 6) is -0.242. The number of carbonyl (C=O) groups excluding carboxylic acids is 1. The number of aromatic nitrogens is 4. The molecule has 3 heterocycles. The van der Waals surface area contributed by atoms with Crippen molar-refractivity contribution in [2.75, 3.05) is 6.26 Å². The van der Waals surface area contributed by atoms with E-state index >= 15 is 0 Å². The molecule has 3 aromatic heterocycles. The minimum atomic E-state index is -3.44. The molecule has 4 rings (SSSR count). The smallest absolute Gasteiger partial charge is 0.272 e. The molecule has 8 nitrogen and oxygen atoms in total. The van der Waals surface area contributed by atoms with Crippen LogP contribution < -0.4 is 5.32 Å². The van der Waals surface area contributed by atoms with Gasteiger partial charge in [0.15, 0.2) is 20.6 Å². The fraction of sp³-hybridized carbons (Fsp3) is 0.100. The van der Waals surface area contributed by atoms with Crippen molar-refractivity contribution < 1.29 is 17.6 Å². The van der Waals surface area contributed by atoms with Gasteiger partial charge in [-0.15, -0.1) is 0 Å². The number of amides is 1. The van der Waals surface area contributed by atoms with E-state index in [-0.39, 0.29) is 23.1 Å². The number of carbonyl (C=O) groups is 1. The summed E-state index contributed by atoms with van der Waals surface area (Å²) in [5, 5.41) is 2.67. The molecule has 1 aromatic carbocycles. The van der Waals surface area contributed by atoms with E-state index in [9.17, 15) is 17.6 Å². The summed E-state index contributed by atoms with van der Waals surface area (Å²) in [6, 6.07) is 8.92. The minimum absolute atomic E-state index is 0.0609. The van der Waals surface area contributed by atoms with Gasteiger partial charge in [-0.1, -0.05) is 0 Å². The van der Waals surface area contributed by atoms with E-state index in [2.05, 4.69) is 20.3 Å². The third kappa shape index (κ3) is 3.90. The Morgan fingerprint density at radius 3 is 2.60 bits per heavy atom. The topological polar surface area (TPSA) is 106 Å². The Balaban J connectivity index is 1.59. The van der Waals surface area contributed by atoms with Gasteiger partial charge in [-0.3, -0.25) is 9.20 Å². The second-order valence-electron chi connectivity index (χ2n) is 6.58. The largest absolute Gasteiger partial charge is 0.347 e. The fourth-order valence-electron chi connectivity index (χ4n) is 2.94. The maximum atomic E-state index is 13.2. The van der Waals surface area contributed by atoms with Crippen molar-refractivity contribution in [3.05, 3.63) is 78.3 Å². The van der Waals surface area contributed by atoms with Gasteiger partial charge in [0.25, 0.3) is 5.91 Å². The second kappa shape index (κ2) is 7.64. The highest BCUT2D eigenvalue weighted by molar-refractivity contribution is 7.90. The third-order valence-electron chi connectivity index (χ3n) is 4.41. The van der Waals surface area contributed by atoms with Gasteiger partial charge in [-0.2, -0.15) is 0 Å². The summed E-state index contributed by atoms with van der Waals surface area (Å²) < 4.78 is 38.2. The molecule has 1 amide bonds. The molecule has 0 atom stereocenters. The summed E-state index contributed by atoms with van der Waals surface area (Å²) in [5.41, 5.74) is 1.93. The van der Waals surface area contributed by atoms with Crippen LogP contribution in [0.25, 0.3) is 16.9 Å². The van der Waals surface area contributed by atoms with Gasteiger partial charge in [0.2, 0.25) is 0 Å². The Kier molecular flexibility index (Phi) is 5.00. The number of rotatable bonds is 5. The molecule has 0 unspecified atom stereocenters. The first-order chi connectivity index (χ1) is 14.3. The van der Waals surface area contributed by atoms with Gasteiger partial charge < -0.3 is 5.32 Å². The molecule has 10 heteroatoms. The number of hydrogen-bond donors (Lipinski definition) is 1. The lowest BCUT2D eigenvalue weighted by Gasteiger charge is -2.08. The molecule has 1 N–H and O–H groups in total. The molecule has 30 heavy (non-hydrogen) atoms. The Bertz CT molecular complexity index is 1350. The number of benzene rings is 1. The molecular formula is C20H16FN5O3S. The molecule has 152 valence electrons. The average Bonchev–Trinajstić information content (AvgIpc) is 3.16. The zero-order valence-corrected chi connectivity index (χ0v) is 16.6. The van der Waals surface area contributed by atoms with E-state index in [1.807, 2.05) is 0 Å². The Hall–Kier alpha value is -3.66. The van der Waals surface area contributed by atoms with E-state index < -0.39 is 15.7 Å². The Labute approximate surface area is 171 Å². The van der Waals surface area contributed by atoms with Crippen LogP contribution >= 0.6 is 0 Å². The second-order valence-corrected chi connectivity index (χ2v) is 8.54. The Morgan fingerprint density at radius 1 is 1.10 bits per heavy atom. The fourth-order valence-corrected chi connectivity index (χ4v) is 3.56. The van der Waals surface area contributed by atoms with Gasteiger partial charge in [0.05, 0.1) is 11.7 Å². The number of nitrogens with zero attached hydrogens (tertiary/aromatic N) is 4. The van der Waals surface area contributed by atoms with Crippen LogP contribution in [0, 0.1) is 5.82 Å². The molecule has 0 saturated carbocycles. The van der Waals surface area contributed by atoms with Crippen molar-refractivity contribution in [1.29, 1.82) is 0 Å². The van der Waals surface area contributed by atoms with E-state index in [1.54, 1.807) is 28.8 Å². The highest BCUT2D eigenvalue weighted by Crippen LogP contribution is 2.21. The van der Waals surface area contributed by atoms with Crippen molar-refractivity contribution in [3.63, 3.8) is 0 Å². The van der Waals surface area contributed by atoms with Crippen LogP contribution in [-0.2, 0) is 16.4 Å². The van der Waals surface area contributed by atoms with Crippen molar-refractivity contribution >= 4 is 21.3 Å². The molecular weight excluding hydrogens is 409 g/mol. The van der Waals surface area contributed by atoms with Crippen LogP contribution in [-0.4, -0.2) is 39.9 Å². The monoisotopic (exact) mass is 425 g/mol. The molecule has 0 aliphatic rings. The summed E-state index contributed by atoms with van der Waals surface area (Å²) in [7, 11) is -3.44. The molecule has 0 aliphatic heterocycles. The first kappa shape index (κ1) is 19.6. The highest BCUT2D eigenvalue weighted by atomic mass is 32.2. The van der Waals surface area contributed by atoms with Crippen LogP contribution in [0.5, 0.6) is 0 Å². The number of hydrogen-bond acceptors (Lipinski definition) is 6. The van der Waals surface area contributed by atoms with Crippen LogP contribution in [0.2, 0.25) is 0 Å². The molecule has 0 aliphatic carbocycles. The number of pyridine rings is 1. The predicted molar refractivity (Wildman–Crippen MR) is 107 cm³/mol. The normalized spacial score (nSPS) is 11.5. The SMILES string of the molecule is CS(=O)(=O)c1cc(CNC(=O)c2nccn3c(-c4ccc(F)cc4)ncc23)ccn1. The van der Waals surface area contributed by atoms with Gasteiger partial charge in [-0.25, -0.2) is 27.8 Å². The van der Waals surface area contributed by atoms with E-state index in [0.29, 0.717) is 22.5 Å². The predicted octanol–water partition coefficient (Wildman–Crippen LogP) is 2.26. The number of sulfone groups is 1. The first-order valence-corrected chi connectivity index (χ1v) is 10.7. The molecule has 0 fully saturated rings. The lowest BCUT2D eigenvalue weighted by molar-refractivity contribution is 0.0947. The summed E-state index contributed by atoms with van der Waals surface area (Å²) in [4.78, 5) is 25.0. The maximum Gasteiger partial charge on any atom is 0.272 e. The zero-order valence-electron chi connectivity index (χ0n) is 15.8. The summed E-state index contributed by atoms with van der Waals surface area (Å²) in [6.45, 7) is 0.103. The van der Waals surface area contributed by atoms with Crippen LogP contribution in [0.15, 0.2) is 66.2 Å². The van der Waals surface area contributed by atoms with Gasteiger partial charge >= 0.3 is 0 Å². The van der Waals surface area contributed by atoms with Crippen molar-refractivity contribution in [2.45, 2.75) is 11.6 Å². The van der Waals surface area contributed by atoms with Crippen molar-refractivity contribution in [2.24, 2.45) is 0 Å². The van der Waals surface area contributed by atoms with Gasteiger partial charge in [-0.05, 0) is 42.0 Å². The lowest BCUT2D eigenvalue weighted by atomic mass is 10.2. The first-order valence-electron chi connectivity index (χ1n) is 8.84. The molecule has 4 aromatic rings. The quantitative estimate of drug-likeness (QED) is 0.526. The van der Waals surface area contributed by atoms with Gasteiger partial charge in [0, 0.05) is 37.0 Å². The third-order valence-corrected chi connectivity index (χ3v) is 5.39. The zero-order chi connectivity index (χ0) is 21.3. The van der Waals surface area contributed by atoms with E-state index in [1.165, 1.54) is 36.8 Å².